The number of anilines is 1. The van der Waals surface area contributed by atoms with Crippen molar-refractivity contribution in [2.45, 2.75) is 12.8 Å². The Hall–Kier alpha value is -2.05. The molecule has 0 radical (unpaired) electrons. The summed E-state index contributed by atoms with van der Waals surface area (Å²) in [7, 11) is 1.62. The molecule has 0 bridgehead atoms. The third-order valence-electron chi connectivity index (χ3n) is 3.38. The van der Waals surface area contributed by atoms with Crippen LogP contribution in [0.15, 0.2) is 46.9 Å². The highest BCUT2D eigenvalue weighted by atomic mass is 79.9. The summed E-state index contributed by atoms with van der Waals surface area (Å²) in [5.74, 6) is 1.49. The van der Waals surface area contributed by atoms with Crippen LogP contribution in [0.5, 0.6) is 11.5 Å². The monoisotopic (exact) mass is 392 g/mol. The maximum atomic E-state index is 12.1. The van der Waals surface area contributed by atoms with E-state index in [-0.39, 0.29) is 5.91 Å². The van der Waals surface area contributed by atoms with Crippen LogP contribution in [0.3, 0.4) is 0 Å². The van der Waals surface area contributed by atoms with Crippen LogP contribution in [0.1, 0.15) is 12.0 Å². The van der Waals surface area contributed by atoms with Crippen molar-refractivity contribution in [1.29, 1.82) is 0 Å². The molecule has 2 aromatic rings. The second-order valence-electron chi connectivity index (χ2n) is 5.18. The predicted octanol–water partition coefficient (Wildman–Crippen LogP) is 3.37. The van der Waals surface area contributed by atoms with E-state index in [1.54, 1.807) is 7.11 Å². The Balaban J connectivity index is 1.83. The zero-order chi connectivity index (χ0) is 17.4. The summed E-state index contributed by atoms with van der Waals surface area (Å²) in [6.07, 6.45) is 1.07. The Morgan fingerprint density at radius 2 is 1.96 bits per heavy atom. The number of aryl methyl sites for hydroxylation is 1. The quantitative estimate of drug-likeness (QED) is 0.721. The summed E-state index contributed by atoms with van der Waals surface area (Å²) >= 11 is 3.45. The van der Waals surface area contributed by atoms with Crippen LogP contribution >= 0.6 is 15.9 Å². The summed E-state index contributed by atoms with van der Waals surface area (Å²) in [5.41, 5.74) is 7.21. The first kappa shape index (κ1) is 18.3. The number of hydrogen-bond acceptors (Lipinski definition) is 4. The molecular weight excluding hydrogens is 372 g/mol. The summed E-state index contributed by atoms with van der Waals surface area (Å²) in [5, 5.41) is 2.88. The summed E-state index contributed by atoms with van der Waals surface area (Å²) < 4.78 is 11.5. The van der Waals surface area contributed by atoms with Gasteiger partial charge in [0.15, 0.2) is 0 Å². The number of hydrogen-bond donors (Lipinski definition) is 2. The third-order valence-corrected chi connectivity index (χ3v) is 4.00. The lowest BCUT2D eigenvalue weighted by Crippen LogP contribution is -2.12. The third kappa shape index (κ3) is 5.54. The van der Waals surface area contributed by atoms with Crippen molar-refractivity contribution in [1.82, 2.24) is 0 Å². The lowest BCUT2D eigenvalue weighted by atomic mass is 10.1. The minimum atomic E-state index is -0.0300. The van der Waals surface area contributed by atoms with Gasteiger partial charge in [0.2, 0.25) is 5.91 Å². The van der Waals surface area contributed by atoms with Crippen LogP contribution in [-0.2, 0) is 11.2 Å². The number of ether oxygens (including phenoxy) is 2. The number of methoxy groups -OCH3 is 1. The molecule has 128 valence electrons. The van der Waals surface area contributed by atoms with Gasteiger partial charge in [-0.25, -0.2) is 0 Å². The van der Waals surface area contributed by atoms with E-state index >= 15 is 0 Å². The summed E-state index contributed by atoms with van der Waals surface area (Å²) in [4.78, 5) is 12.1. The highest BCUT2D eigenvalue weighted by molar-refractivity contribution is 9.10. The number of carbonyl (C=O) groups is 1. The summed E-state index contributed by atoms with van der Waals surface area (Å²) in [6.45, 7) is 0.948. The first-order valence-corrected chi connectivity index (χ1v) is 8.47. The molecule has 0 saturated heterocycles. The van der Waals surface area contributed by atoms with Crippen LogP contribution in [0.25, 0.3) is 0 Å². The number of rotatable bonds is 8. The highest BCUT2D eigenvalue weighted by Crippen LogP contribution is 2.26. The second-order valence-corrected chi connectivity index (χ2v) is 6.03. The average Bonchev–Trinajstić information content (AvgIpc) is 2.59. The van der Waals surface area contributed by atoms with Crippen LogP contribution in [0.4, 0.5) is 5.69 Å². The van der Waals surface area contributed by atoms with E-state index in [0.29, 0.717) is 26.0 Å². The fourth-order valence-electron chi connectivity index (χ4n) is 2.16. The lowest BCUT2D eigenvalue weighted by molar-refractivity contribution is -0.116. The molecule has 3 N–H and O–H groups in total. The van der Waals surface area contributed by atoms with Crippen molar-refractivity contribution in [2.24, 2.45) is 5.73 Å². The van der Waals surface area contributed by atoms with E-state index in [1.165, 1.54) is 0 Å². The van der Waals surface area contributed by atoms with Crippen molar-refractivity contribution in [3.63, 3.8) is 0 Å². The molecule has 6 heteroatoms. The Kier molecular flexibility index (Phi) is 7.08. The number of benzene rings is 2. The largest absolute Gasteiger partial charge is 0.496 e. The molecule has 0 aliphatic carbocycles. The molecule has 2 rings (SSSR count). The molecule has 0 aromatic heterocycles. The van der Waals surface area contributed by atoms with Crippen LogP contribution in [0.2, 0.25) is 0 Å². The van der Waals surface area contributed by atoms with E-state index in [2.05, 4.69) is 21.2 Å². The van der Waals surface area contributed by atoms with Crippen LogP contribution in [-0.4, -0.2) is 26.2 Å². The van der Waals surface area contributed by atoms with E-state index in [0.717, 1.165) is 27.2 Å². The van der Waals surface area contributed by atoms with E-state index in [4.69, 9.17) is 15.2 Å². The normalized spacial score (nSPS) is 10.3. The molecule has 0 saturated carbocycles. The van der Waals surface area contributed by atoms with Gasteiger partial charge >= 0.3 is 0 Å². The fraction of sp³-hybridized carbons (Fsp3) is 0.278. The van der Waals surface area contributed by atoms with Gasteiger partial charge in [-0.2, -0.15) is 0 Å². The number of nitrogens with one attached hydrogen (secondary N) is 1. The molecular formula is C18H21BrN2O3. The molecule has 5 nitrogen and oxygen atoms in total. The Morgan fingerprint density at radius 3 is 2.58 bits per heavy atom. The molecule has 0 heterocycles. The Morgan fingerprint density at radius 1 is 1.21 bits per heavy atom. The number of halogens is 1. The lowest BCUT2D eigenvalue weighted by Gasteiger charge is -2.08. The zero-order valence-corrected chi connectivity index (χ0v) is 15.1. The van der Waals surface area contributed by atoms with Crippen molar-refractivity contribution in [3.8, 4) is 11.5 Å². The van der Waals surface area contributed by atoms with Gasteiger partial charge in [-0.1, -0.05) is 6.07 Å². The van der Waals surface area contributed by atoms with E-state index in [1.807, 2.05) is 42.5 Å². The molecule has 0 aliphatic rings. The smallest absolute Gasteiger partial charge is 0.224 e. The molecule has 1 amide bonds. The van der Waals surface area contributed by atoms with Crippen molar-refractivity contribution >= 4 is 27.5 Å². The molecule has 2 aromatic carbocycles. The first-order chi connectivity index (χ1) is 11.6. The van der Waals surface area contributed by atoms with Crippen molar-refractivity contribution in [2.75, 3.05) is 25.6 Å². The van der Waals surface area contributed by atoms with Crippen molar-refractivity contribution in [3.05, 3.63) is 52.5 Å². The van der Waals surface area contributed by atoms with Gasteiger partial charge in [0.1, 0.15) is 18.1 Å². The molecule has 0 unspecified atom stereocenters. The first-order valence-electron chi connectivity index (χ1n) is 7.67. The second kappa shape index (κ2) is 9.30. The van der Waals surface area contributed by atoms with Gasteiger partial charge in [0.25, 0.3) is 0 Å². The molecule has 0 atom stereocenters. The molecule has 24 heavy (non-hydrogen) atoms. The van der Waals surface area contributed by atoms with Gasteiger partial charge in [-0.3, -0.25) is 4.79 Å². The number of carbonyl (C=O) groups excluding carboxylic acids is 1. The average molecular weight is 393 g/mol. The van der Waals surface area contributed by atoms with Gasteiger partial charge in [-0.05, 0) is 64.3 Å². The maximum Gasteiger partial charge on any atom is 0.224 e. The molecule has 0 spiro atoms. The van der Waals surface area contributed by atoms with E-state index in [9.17, 15) is 4.79 Å². The minimum Gasteiger partial charge on any atom is -0.496 e. The SMILES string of the molecule is COc1ccc(CCC(=O)Nc2ccc(OCCN)cc2)cc1Br. The van der Waals surface area contributed by atoms with Gasteiger partial charge in [-0.15, -0.1) is 0 Å². The number of amides is 1. The topological polar surface area (TPSA) is 73.6 Å². The Labute approximate surface area is 150 Å². The standard InChI is InChI=1S/C18H21BrN2O3/c1-23-17-8-2-13(12-16(17)19)3-9-18(22)21-14-4-6-15(7-5-14)24-11-10-20/h2,4-8,12H,3,9-11,20H2,1H3,(H,21,22). The van der Waals surface area contributed by atoms with Gasteiger partial charge < -0.3 is 20.5 Å². The highest BCUT2D eigenvalue weighted by Gasteiger charge is 2.06. The minimum absolute atomic E-state index is 0.0300. The van der Waals surface area contributed by atoms with Gasteiger partial charge in [0, 0.05) is 18.7 Å². The predicted molar refractivity (Wildman–Crippen MR) is 98.6 cm³/mol. The van der Waals surface area contributed by atoms with Crippen LogP contribution in [0, 0.1) is 0 Å². The van der Waals surface area contributed by atoms with Gasteiger partial charge in [0.05, 0.1) is 11.6 Å². The fourth-order valence-corrected chi connectivity index (χ4v) is 2.75. The van der Waals surface area contributed by atoms with E-state index < -0.39 is 0 Å². The maximum absolute atomic E-state index is 12.1. The molecule has 0 aliphatic heterocycles. The number of nitrogens with two attached hydrogens (primary N) is 1. The van der Waals surface area contributed by atoms with Crippen LogP contribution < -0.4 is 20.5 Å². The Bertz CT molecular complexity index is 674. The molecule has 0 fully saturated rings. The van der Waals surface area contributed by atoms with Crippen molar-refractivity contribution < 1.29 is 14.3 Å². The summed E-state index contributed by atoms with van der Waals surface area (Å²) in [6, 6.07) is 13.1. The zero-order valence-electron chi connectivity index (χ0n) is 13.5.